The van der Waals surface area contributed by atoms with E-state index in [4.69, 9.17) is 21.1 Å². The van der Waals surface area contributed by atoms with Gasteiger partial charge in [-0.25, -0.2) is 22.1 Å². The number of halogens is 2. The van der Waals surface area contributed by atoms with Crippen LogP contribution >= 0.6 is 22.9 Å². The summed E-state index contributed by atoms with van der Waals surface area (Å²) in [5.74, 6) is 0.0733. The number of hydrogen-bond donors (Lipinski definition) is 1. The summed E-state index contributed by atoms with van der Waals surface area (Å²) in [7, 11) is 2.58. The average Bonchev–Trinajstić information content (AvgIpc) is 3.43. The minimum Gasteiger partial charge on any atom is -0.497 e. The van der Waals surface area contributed by atoms with Crippen molar-refractivity contribution in [1.82, 2.24) is 9.88 Å². The van der Waals surface area contributed by atoms with Crippen LogP contribution in [0.3, 0.4) is 0 Å². The Balaban J connectivity index is 1.69. The van der Waals surface area contributed by atoms with Gasteiger partial charge in [0.25, 0.3) is 10.0 Å². The quantitative estimate of drug-likeness (QED) is 0.321. The Bertz CT molecular complexity index is 1400. The Morgan fingerprint density at radius 2 is 1.92 bits per heavy atom. The monoisotopic (exact) mass is 580 g/mol. The van der Waals surface area contributed by atoms with Crippen LogP contribution in [-0.2, 0) is 16.6 Å². The molecule has 0 fully saturated rings. The van der Waals surface area contributed by atoms with Crippen molar-refractivity contribution in [3.63, 3.8) is 0 Å². The Kier molecular flexibility index (Phi) is 8.81. The standard InChI is InChI=1S/C26H30ClFN4O4S2/c1-31(2)23-8-6-5-7-21(23)30-22-15-20(28)25(14-19(22)27)38(33,34)32(26-29-11-12-37-26)16-17-9-10-18(35-3)13-24(17)36-4/h5-6,9-15,21,23,30H,7-8,16H2,1-4H3/t21-,23-/m1/s1. The first-order chi connectivity index (χ1) is 18.1. The molecule has 0 aliphatic heterocycles. The first-order valence-corrected chi connectivity index (χ1v) is 14.6. The predicted molar refractivity (Wildman–Crippen MR) is 150 cm³/mol. The Labute approximate surface area is 231 Å². The van der Waals surface area contributed by atoms with Gasteiger partial charge in [0.15, 0.2) is 5.13 Å². The Morgan fingerprint density at radius 3 is 2.58 bits per heavy atom. The summed E-state index contributed by atoms with van der Waals surface area (Å²) < 4.78 is 55.0. The van der Waals surface area contributed by atoms with Crippen LogP contribution in [0.1, 0.15) is 18.4 Å². The first-order valence-electron chi connectivity index (χ1n) is 11.9. The van der Waals surface area contributed by atoms with Crippen molar-refractivity contribution in [2.24, 2.45) is 0 Å². The Hall–Kier alpha value is -2.86. The molecule has 4 rings (SSSR count). The predicted octanol–water partition coefficient (Wildman–Crippen LogP) is 5.41. The van der Waals surface area contributed by atoms with E-state index in [0.717, 1.165) is 40.6 Å². The van der Waals surface area contributed by atoms with Gasteiger partial charge in [-0.2, -0.15) is 0 Å². The minimum atomic E-state index is -4.40. The third-order valence-electron chi connectivity index (χ3n) is 6.43. The summed E-state index contributed by atoms with van der Waals surface area (Å²) in [4.78, 5) is 5.75. The van der Waals surface area contributed by atoms with E-state index in [-0.39, 0.29) is 28.8 Å². The first kappa shape index (κ1) is 28.2. The molecule has 1 N–H and O–H groups in total. The van der Waals surface area contributed by atoms with E-state index < -0.39 is 20.7 Å². The van der Waals surface area contributed by atoms with E-state index in [9.17, 15) is 8.42 Å². The largest absolute Gasteiger partial charge is 0.497 e. The van der Waals surface area contributed by atoms with Crippen molar-refractivity contribution in [2.45, 2.75) is 36.4 Å². The molecule has 1 aliphatic carbocycles. The number of benzene rings is 2. The van der Waals surface area contributed by atoms with Crippen molar-refractivity contribution < 1.29 is 22.3 Å². The van der Waals surface area contributed by atoms with Crippen LogP contribution in [0, 0.1) is 5.82 Å². The molecule has 38 heavy (non-hydrogen) atoms. The topological polar surface area (TPSA) is 84.0 Å². The summed E-state index contributed by atoms with van der Waals surface area (Å²) in [5, 5.41) is 5.26. The lowest BCUT2D eigenvalue weighted by atomic mass is 9.95. The van der Waals surface area contributed by atoms with Gasteiger partial charge in [0.1, 0.15) is 22.2 Å². The van der Waals surface area contributed by atoms with Gasteiger partial charge in [-0.3, -0.25) is 0 Å². The fourth-order valence-electron chi connectivity index (χ4n) is 4.41. The molecular weight excluding hydrogens is 551 g/mol. The fraction of sp³-hybridized carbons (Fsp3) is 0.346. The molecule has 1 aliphatic rings. The lowest BCUT2D eigenvalue weighted by Gasteiger charge is -2.35. The zero-order valence-electron chi connectivity index (χ0n) is 21.5. The van der Waals surface area contributed by atoms with Gasteiger partial charge in [0.05, 0.1) is 31.5 Å². The van der Waals surface area contributed by atoms with Crippen molar-refractivity contribution >= 4 is 43.8 Å². The Morgan fingerprint density at radius 1 is 1.16 bits per heavy atom. The molecule has 204 valence electrons. The van der Waals surface area contributed by atoms with Gasteiger partial charge in [0, 0.05) is 35.3 Å². The molecule has 12 heteroatoms. The molecule has 8 nitrogen and oxygen atoms in total. The molecule has 0 spiro atoms. The number of likely N-dealkylation sites (N-methyl/N-ethyl adjacent to an activating group) is 1. The lowest BCUT2D eigenvalue weighted by molar-refractivity contribution is 0.258. The highest BCUT2D eigenvalue weighted by atomic mass is 35.5. The molecule has 0 unspecified atom stereocenters. The van der Waals surface area contributed by atoms with E-state index >= 15 is 4.39 Å². The third-order valence-corrected chi connectivity index (χ3v) is 9.41. The summed E-state index contributed by atoms with van der Waals surface area (Å²) in [6.07, 6.45) is 7.26. The van der Waals surface area contributed by atoms with Crippen LogP contribution in [-0.4, -0.2) is 58.7 Å². The SMILES string of the molecule is COc1ccc(CN(c2nccs2)S(=O)(=O)c2cc(Cl)c(N[C@@H]3CC=CC[C@H]3N(C)C)cc2F)c(OC)c1. The zero-order valence-corrected chi connectivity index (χ0v) is 23.9. The van der Waals surface area contributed by atoms with Crippen LogP contribution in [0.5, 0.6) is 11.5 Å². The fourth-order valence-corrected chi connectivity index (χ4v) is 7.04. The molecule has 0 bridgehead atoms. The van der Waals surface area contributed by atoms with Crippen LogP contribution in [0.15, 0.2) is 59.0 Å². The molecule has 0 amide bonds. The maximum atomic E-state index is 15.5. The number of rotatable bonds is 10. The highest BCUT2D eigenvalue weighted by molar-refractivity contribution is 7.93. The van der Waals surface area contributed by atoms with Gasteiger partial charge >= 0.3 is 0 Å². The molecule has 1 aromatic heterocycles. The molecule has 2 aromatic carbocycles. The number of sulfonamides is 1. The van der Waals surface area contributed by atoms with E-state index in [1.165, 1.54) is 20.4 Å². The number of hydrogen-bond acceptors (Lipinski definition) is 8. The van der Waals surface area contributed by atoms with E-state index in [1.54, 1.807) is 23.6 Å². The van der Waals surface area contributed by atoms with Gasteiger partial charge in [-0.15, -0.1) is 11.3 Å². The molecular formula is C26H30ClFN4O4S2. The van der Waals surface area contributed by atoms with Gasteiger partial charge in [-0.1, -0.05) is 23.8 Å². The van der Waals surface area contributed by atoms with E-state index in [2.05, 4.69) is 27.4 Å². The molecule has 2 atom stereocenters. The summed E-state index contributed by atoms with van der Waals surface area (Å²) >= 11 is 7.66. The number of anilines is 2. The van der Waals surface area contributed by atoms with Gasteiger partial charge < -0.3 is 19.7 Å². The van der Waals surface area contributed by atoms with Crippen molar-refractivity contribution in [3.05, 3.63) is 70.5 Å². The number of methoxy groups -OCH3 is 2. The second-order valence-corrected chi connectivity index (χ2v) is 12.1. The van der Waals surface area contributed by atoms with E-state index in [0.29, 0.717) is 22.7 Å². The van der Waals surface area contributed by atoms with Gasteiger partial charge in [-0.05, 0) is 51.2 Å². The zero-order chi connectivity index (χ0) is 27.4. The normalized spacial score (nSPS) is 17.4. The molecule has 3 aromatic rings. The number of aromatic nitrogens is 1. The highest BCUT2D eigenvalue weighted by Crippen LogP contribution is 2.36. The summed E-state index contributed by atoms with van der Waals surface area (Å²) in [6, 6.07) is 7.53. The average molecular weight is 581 g/mol. The van der Waals surface area contributed by atoms with Crippen LogP contribution < -0.4 is 19.1 Å². The van der Waals surface area contributed by atoms with Crippen LogP contribution in [0.4, 0.5) is 15.2 Å². The van der Waals surface area contributed by atoms with Crippen molar-refractivity contribution in [3.8, 4) is 11.5 Å². The molecule has 1 heterocycles. The van der Waals surface area contributed by atoms with Crippen LogP contribution in [0.25, 0.3) is 0 Å². The number of ether oxygens (including phenoxy) is 2. The maximum absolute atomic E-state index is 15.5. The van der Waals surface area contributed by atoms with Crippen molar-refractivity contribution in [1.29, 1.82) is 0 Å². The molecule has 0 radical (unpaired) electrons. The smallest absolute Gasteiger partial charge is 0.269 e. The van der Waals surface area contributed by atoms with Gasteiger partial charge in [0.2, 0.25) is 0 Å². The summed E-state index contributed by atoms with van der Waals surface area (Å²) in [5.41, 5.74) is 0.893. The lowest BCUT2D eigenvalue weighted by Crippen LogP contribution is -2.44. The maximum Gasteiger partial charge on any atom is 0.269 e. The van der Waals surface area contributed by atoms with E-state index in [1.807, 2.05) is 14.1 Å². The third kappa shape index (κ3) is 5.90. The molecule has 0 saturated carbocycles. The second kappa shape index (κ2) is 11.9. The molecule has 0 saturated heterocycles. The van der Waals surface area contributed by atoms with Crippen molar-refractivity contribution in [2.75, 3.05) is 37.9 Å². The number of nitrogens with zero attached hydrogens (tertiary/aromatic N) is 3. The van der Waals surface area contributed by atoms with Crippen LogP contribution in [0.2, 0.25) is 5.02 Å². The number of nitrogens with one attached hydrogen (secondary N) is 1. The summed E-state index contributed by atoms with van der Waals surface area (Å²) in [6.45, 7) is -0.140. The minimum absolute atomic E-state index is 0.0105. The highest BCUT2D eigenvalue weighted by Gasteiger charge is 2.32. The second-order valence-electron chi connectivity index (χ2n) is 8.99. The number of thiazole rings is 1.